The van der Waals surface area contributed by atoms with Crippen molar-refractivity contribution in [2.45, 2.75) is 52.0 Å². The third kappa shape index (κ3) is 6.34. The van der Waals surface area contributed by atoms with Crippen LogP contribution < -0.4 is 20.3 Å². The highest BCUT2D eigenvalue weighted by atomic mass is 32.1. The third-order valence-electron chi connectivity index (χ3n) is 4.30. The molecule has 28 heavy (non-hydrogen) atoms. The van der Waals surface area contributed by atoms with Gasteiger partial charge in [0.2, 0.25) is 11.8 Å². The van der Waals surface area contributed by atoms with Crippen molar-refractivity contribution in [3.8, 4) is 11.6 Å². The summed E-state index contributed by atoms with van der Waals surface area (Å²) in [5.74, 6) is 2.55. The highest BCUT2D eigenvalue weighted by molar-refractivity contribution is 7.80. The molecule has 1 aliphatic rings. The van der Waals surface area contributed by atoms with Gasteiger partial charge in [0.25, 0.3) is 0 Å². The molecule has 0 unspecified atom stereocenters. The molecule has 3 rings (SSSR count). The summed E-state index contributed by atoms with van der Waals surface area (Å²) in [6, 6.07) is 11.6. The van der Waals surface area contributed by atoms with Gasteiger partial charge in [-0.25, -0.2) is 0 Å². The first-order chi connectivity index (χ1) is 13.4. The lowest BCUT2D eigenvalue weighted by atomic mass is 10.1. The van der Waals surface area contributed by atoms with Crippen molar-refractivity contribution < 1.29 is 4.74 Å². The molecule has 0 bridgehead atoms. The molecule has 0 saturated carbocycles. The maximum absolute atomic E-state index is 5.98. The first kappa shape index (κ1) is 20.3. The summed E-state index contributed by atoms with van der Waals surface area (Å²) >= 11 is 5.42. The number of para-hydroxylation sites is 1. The molecule has 7 heteroatoms. The van der Waals surface area contributed by atoms with Gasteiger partial charge in [-0.15, -0.1) is 0 Å². The topological polar surface area (TPSA) is 62.3 Å². The summed E-state index contributed by atoms with van der Waals surface area (Å²) in [6.45, 7) is 8.15. The normalized spacial score (nSPS) is 14.9. The second-order valence-electron chi connectivity index (χ2n) is 8.03. The van der Waals surface area contributed by atoms with E-state index in [1.165, 1.54) is 25.7 Å². The van der Waals surface area contributed by atoms with Crippen LogP contribution in [-0.4, -0.2) is 33.7 Å². The summed E-state index contributed by atoms with van der Waals surface area (Å²) in [5.41, 5.74) is -0.143. The molecule has 2 N–H and O–H groups in total. The summed E-state index contributed by atoms with van der Waals surface area (Å²) in [4.78, 5) is 11.5. The van der Waals surface area contributed by atoms with Crippen LogP contribution in [0.15, 0.2) is 36.4 Å². The standard InChI is InChI=1S/C21H29N5OS/c1-21(2,3)25-20(28)24-19-22-17(26-13-9-4-5-10-14-26)15-18(23-19)27-16-11-7-6-8-12-16/h6-8,11-12,15H,4-5,9-10,13-14H2,1-3H3,(H2,22,23,24,25,28). The lowest BCUT2D eigenvalue weighted by Crippen LogP contribution is -2.43. The molecular weight excluding hydrogens is 370 g/mol. The number of benzene rings is 1. The number of nitrogens with zero attached hydrogens (tertiary/aromatic N) is 3. The SMILES string of the molecule is CC(C)(C)NC(=S)Nc1nc(Oc2ccccc2)cc(N2CCCCCC2)n1. The van der Waals surface area contributed by atoms with Crippen LogP contribution >= 0.6 is 12.2 Å². The minimum atomic E-state index is -0.143. The quantitative estimate of drug-likeness (QED) is 0.720. The average Bonchev–Trinajstić information content (AvgIpc) is 2.90. The molecule has 0 amide bonds. The minimum absolute atomic E-state index is 0.143. The van der Waals surface area contributed by atoms with Gasteiger partial charge in [-0.2, -0.15) is 9.97 Å². The molecule has 0 radical (unpaired) electrons. The van der Waals surface area contributed by atoms with Crippen molar-refractivity contribution in [3.63, 3.8) is 0 Å². The summed E-state index contributed by atoms with van der Waals surface area (Å²) in [7, 11) is 0. The van der Waals surface area contributed by atoms with E-state index in [4.69, 9.17) is 21.9 Å². The van der Waals surface area contributed by atoms with E-state index in [1.54, 1.807) is 0 Å². The Morgan fingerprint density at radius 3 is 2.36 bits per heavy atom. The van der Waals surface area contributed by atoms with E-state index in [0.717, 1.165) is 24.7 Å². The van der Waals surface area contributed by atoms with Crippen LogP contribution in [0.25, 0.3) is 0 Å². The van der Waals surface area contributed by atoms with Gasteiger partial charge in [0.15, 0.2) is 5.11 Å². The molecule has 1 saturated heterocycles. The van der Waals surface area contributed by atoms with Gasteiger partial charge in [0.1, 0.15) is 11.6 Å². The molecule has 1 aromatic heterocycles. The Bertz CT molecular complexity index is 783. The van der Waals surface area contributed by atoms with E-state index in [-0.39, 0.29) is 5.54 Å². The Kier molecular flexibility index (Phi) is 6.67. The van der Waals surface area contributed by atoms with E-state index in [9.17, 15) is 0 Å². The number of aromatic nitrogens is 2. The van der Waals surface area contributed by atoms with Crippen molar-refractivity contribution in [2.75, 3.05) is 23.3 Å². The Labute approximate surface area is 172 Å². The van der Waals surface area contributed by atoms with Crippen LogP contribution in [0.1, 0.15) is 46.5 Å². The molecule has 1 aliphatic heterocycles. The molecule has 2 heterocycles. The van der Waals surface area contributed by atoms with Crippen molar-refractivity contribution in [3.05, 3.63) is 36.4 Å². The van der Waals surface area contributed by atoms with Crippen LogP contribution in [-0.2, 0) is 0 Å². The number of anilines is 2. The fourth-order valence-corrected chi connectivity index (χ4v) is 3.46. The zero-order chi connectivity index (χ0) is 20.0. The molecule has 2 aromatic rings. The minimum Gasteiger partial charge on any atom is -0.439 e. The fourth-order valence-electron chi connectivity index (χ4n) is 3.07. The van der Waals surface area contributed by atoms with Gasteiger partial charge in [-0.05, 0) is 58.0 Å². The number of hydrogen-bond acceptors (Lipinski definition) is 5. The molecule has 0 aliphatic carbocycles. The van der Waals surface area contributed by atoms with Crippen molar-refractivity contribution in [2.24, 2.45) is 0 Å². The predicted octanol–water partition coefficient (Wildman–Crippen LogP) is 4.73. The highest BCUT2D eigenvalue weighted by Gasteiger charge is 2.17. The largest absolute Gasteiger partial charge is 0.439 e. The van der Waals surface area contributed by atoms with Gasteiger partial charge in [0, 0.05) is 24.7 Å². The Balaban J connectivity index is 1.85. The molecule has 1 fully saturated rings. The number of ether oxygens (including phenoxy) is 1. The van der Waals surface area contributed by atoms with E-state index >= 15 is 0 Å². The average molecular weight is 400 g/mol. The first-order valence-electron chi connectivity index (χ1n) is 9.85. The number of hydrogen-bond donors (Lipinski definition) is 2. The number of thiocarbonyl (C=S) groups is 1. The predicted molar refractivity (Wildman–Crippen MR) is 118 cm³/mol. The maximum atomic E-state index is 5.98. The first-order valence-corrected chi connectivity index (χ1v) is 10.3. The van der Waals surface area contributed by atoms with Crippen LogP contribution in [0.3, 0.4) is 0 Å². The monoisotopic (exact) mass is 399 g/mol. The van der Waals surface area contributed by atoms with E-state index in [1.807, 2.05) is 36.4 Å². The highest BCUT2D eigenvalue weighted by Crippen LogP contribution is 2.26. The zero-order valence-corrected chi connectivity index (χ0v) is 17.7. The van der Waals surface area contributed by atoms with Gasteiger partial charge in [-0.3, -0.25) is 0 Å². The number of nitrogens with one attached hydrogen (secondary N) is 2. The van der Waals surface area contributed by atoms with Gasteiger partial charge in [-0.1, -0.05) is 31.0 Å². The Hall–Kier alpha value is -2.41. The van der Waals surface area contributed by atoms with Crippen LogP contribution in [0.2, 0.25) is 0 Å². The van der Waals surface area contributed by atoms with Crippen molar-refractivity contribution in [1.29, 1.82) is 0 Å². The van der Waals surface area contributed by atoms with E-state index in [0.29, 0.717) is 16.9 Å². The maximum Gasteiger partial charge on any atom is 0.234 e. The van der Waals surface area contributed by atoms with E-state index < -0.39 is 0 Å². The van der Waals surface area contributed by atoms with Crippen molar-refractivity contribution >= 4 is 29.1 Å². The second kappa shape index (κ2) is 9.19. The van der Waals surface area contributed by atoms with Crippen LogP contribution in [0.5, 0.6) is 11.6 Å². The van der Waals surface area contributed by atoms with Gasteiger partial charge < -0.3 is 20.3 Å². The molecule has 150 valence electrons. The van der Waals surface area contributed by atoms with Crippen molar-refractivity contribution in [1.82, 2.24) is 15.3 Å². The molecule has 0 spiro atoms. The molecule has 0 atom stereocenters. The van der Waals surface area contributed by atoms with Crippen LogP contribution in [0, 0.1) is 0 Å². The Morgan fingerprint density at radius 1 is 1.04 bits per heavy atom. The lowest BCUT2D eigenvalue weighted by molar-refractivity contribution is 0.462. The van der Waals surface area contributed by atoms with Gasteiger partial charge in [0.05, 0.1) is 0 Å². The number of rotatable bonds is 4. The summed E-state index contributed by atoms with van der Waals surface area (Å²) in [6.07, 6.45) is 4.87. The summed E-state index contributed by atoms with van der Waals surface area (Å²) in [5, 5.41) is 6.83. The fraction of sp³-hybridized carbons (Fsp3) is 0.476. The molecule has 6 nitrogen and oxygen atoms in total. The third-order valence-corrected chi connectivity index (χ3v) is 4.50. The van der Waals surface area contributed by atoms with E-state index in [2.05, 4.69) is 41.3 Å². The lowest BCUT2D eigenvalue weighted by Gasteiger charge is -2.24. The summed E-state index contributed by atoms with van der Waals surface area (Å²) < 4.78 is 5.98. The smallest absolute Gasteiger partial charge is 0.234 e. The Morgan fingerprint density at radius 2 is 1.71 bits per heavy atom. The van der Waals surface area contributed by atoms with Gasteiger partial charge >= 0.3 is 0 Å². The zero-order valence-electron chi connectivity index (χ0n) is 16.9. The second-order valence-corrected chi connectivity index (χ2v) is 8.44. The molecule has 1 aromatic carbocycles. The molecular formula is C21H29N5OS. The van der Waals surface area contributed by atoms with Crippen LogP contribution in [0.4, 0.5) is 11.8 Å².